The van der Waals surface area contributed by atoms with Crippen LogP contribution >= 0.6 is 0 Å². The van der Waals surface area contributed by atoms with Crippen LogP contribution in [0.15, 0.2) is 66.3 Å². The van der Waals surface area contributed by atoms with Gasteiger partial charge in [0.2, 0.25) is 0 Å². The van der Waals surface area contributed by atoms with Gasteiger partial charge in [0.25, 0.3) is 0 Å². The highest BCUT2D eigenvalue weighted by Gasteiger charge is 2.02. The maximum absolute atomic E-state index is 12.8. The van der Waals surface area contributed by atoms with E-state index in [0.29, 0.717) is 23.6 Å². The summed E-state index contributed by atoms with van der Waals surface area (Å²) in [7, 11) is 0. The van der Waals surface area contributed by atoms with Crippen LogP contribution in [0.5, 0.6) is 11.5 Å². The van der Waals surface area contributed by atoms with E-state index in [1.165, 1.54) is 18.2 Å². The first-order valence-electron chi connectivity index (χ1n) is 6.07. The Morgan fingerprint density at radius 2 is 1.95 bits per heavy atom. The Hall–Kier alpha value is -2.62. The summed E-state index contributed by atoms with van der Waals surface area (Å²) in [5.74, 6) is 0.889. The lowest BCUT2D eigenvalue weighted by Gasteiger charge is -2.07. The second kappa shape index (κ2) is 6.52. The van der Waals surface area contributed by atoms with E-state index in [4.69, 9.17) is 9.94 Å². The summed E-state index contributed by atoms with van der Waals surface area (Å²) in [5, 5.41) is 11.9. The van der Waals surface area contributed by atoms with Gasteiger partial charge in [-0.15, -0.1) is 0 Å². The molecule has 0 aliphatic carbocycles. The second-order valence-electron chi connectivity index (χ2n) is 4.18. The van der Waals surface area contributed by atoms with Crippen LogP contribution in [0.25, 0.3) is 0 Å². The van der Waals surface area contributed by atoms with Gasteiger partial charge in [-0.2, -0.15) is 0 Å². The van der Waals surface area contributed by atoms with Gasteiger partial charge in [0.1, 0.15) is 17.3 Å². The molecule has 0 bridgehead atoms. The molecule has 2 rings (SSSR count). The Kier molecular flexibility index (Phi) is 4.50. The lowest BCUT2D eigenvalue weighted by Crippen LogP contribution is -1.99. The van der Waals surface area contributed by atoms with E-state index < -0.39 is 0 Å². The Balaban J connectivity index is 2.13. The first kappa shape index (κ1) is 13.8. The van der Waals surface area contributed by atoms with Crippen LogP contribution in [0.3, 0.4) is 0 Å². The standard InChI is InChI=1S/C16H14FNO2/c1-2-14(18-19)10-12-4-3-5-16(11-12)20-15-8-6-13(17)7-9-15/h2-9,11,19H,1,10H2/b18-14-. The molecule has 1 N–H and O–H groups in total. The monoisotopic (exact) mass is 271 g/mol. The molecule has 4 heteroatoms. The van der Waals surface area contributed by atoms with Crippen LogP contribution in [0.1, 0.15) is 5.56 Å². The molecule has 2 aromatic carbocycles. The first-order valence-corrected chi connectivity index (χ1v) is 6.07. The van der Waals surface area contributed by atoms with Gasteiger partial charge in [0.15, 0.2) is 0 Å². The third-order valence-corrected chi connectivity index (χ3v) is 2.70. The van der Waals surface area contributed by atoms with E-state index in [9.17, 15) is 4.39 Å². The average Bonchev–Trinajstić information content (AvgIpc) is 2.47. The van der Waals surface area contributed by atoms with Crippen molar-refractivity contribution in [1.29, 1.82) is 0 Å². The molecule has 3 nitrogen and oxygen atoms in total. The number of benzene rings is 2. The van der Waals surface area contributed by atoms with E-state index in [2.05, 4.69) is 11.7 Å². The summed E-state index contributed by atoms with van der Waals surface area (Å²) in [6, 6.07) is 13.2. The minimum absolute atomic E-state index is 0.305. The quantitative estimate of drug-likeness (QED) is 0.503. The normalized spacial score (nSPS) is 11.2. The number of hydrogen-bond donors (Lipinski definition) is 1. The molecule has 20 heavy (non-hydrogen) atoms. The van der Waals surface area contributed by atoms with Crippen molar-refractivity contribution < 1.29 is 14.3 Å². The molecular formula is C16H14FNO2. The summed E-state index contributed by atoms with van der Waals surface area (Å²) in [6.45, 7) is 3.57. The van der Waals surface area contributed by atoms with Crippen LogP contribution in [0.2, 0.25) is 0 Å². The minimum atomic E-state index is -0.305. The third-order valence-electron chi connectivity index (χ3n) is 2.70. The predicted octanol–water partition coefficient (Wildman–Crippen LogP) is 4.18. The molecule has 0 fully saturated rings. The fourth-order valence-electron chi connectivity index (χ4n) is 1.72. The maximum Gasteiger partial charge on any atom is 0.127 e. The third kappa shape index (κ3) is 3.68. The maximum atomic E-state index is 12.8. The fourth-order valence-corrected chi connectivity index (χ4v) is 1.72. The van der Waals surface area contributed by atoms with Crippen LogP contribution in [0.4, 0.5) is 4.39 Å². The highest BCUT2D eigenvalue weighted by Crippen LogP contribution is 2.22. The van der Waals surface area contributed by atoms with Gasteiger partial charge in [-0.25, -0.2) is 4.39 Å². The predicted molar refractivity (Wildman–Crippen MR) is 76.0 cm³/mol. The lowest BCUT2D eigenvalue weighted by atomic mass is 10.1. The topological polar surface area (TPSA) is 41.8 Å². The number of allylic oxidation sites excluding steroid dienone is 1. The Bertz CT molecular complexity index is 621. The lowest BCUT2D eigenvalue weighted by molar-refractivity contribution is 0.318. The zero-order chi connectivity index (χ0) is 14.4. The number of nitrogens with zero attached hydrogens (tertiary/aromatic N) is 1. The number of halogens is 1. The van der Waals surface area contributed by atoms with Gasteiger partial charge >= 0.3 is 0 Å². The van der Waals surface area contributed by atoms with Gasteiger partial charge in [-0.1, -0.05) is 23.9 Å². The highest BCUT2D eigenvalue weighted by atomic mass is 19.1. The molecule has 102 valence electrons. The van der Waals surface area contributed by atoms with Crippen LogP contribution in [-0.4, -0.2) is 10.9 Å². The molecule has 0 spiro atoms. The molecule has 0 aliphatic rings. The van der Waals surface area contributed by atoms with Gasteiger partial charge in [0.05, 0.1) is 5.71 Å². The molecule has 0 amide bonds. The van der Waals surface area contributed by atoms with E-state index in [0.717, 1.165) is 5.56 Å². The molecule has 0 saturated carbocycles. The van der Waals surface area contributed by atoms with Crippen LogP contribution in [0, 0.1) is 5.82 Å². The number of oxime groups is 1. The second-order valence-corrected chi connectivity index (χ2v) is 4.18. The van der Waals surface area contributed by atoms with Crippen molar-refractivity contribution in [2.24, 2.45) is 5.16 Å². The van der Waals surface area contributed by atoms with Crippen LogP contribution < -0.4 is 4.74 Å². The van der Waals surface area contributed by atoms with Crippen molar-refractivity contribution in [1.82, 2.24) is 0 Å². The van der Waals surface area contributed by atoms with Crippen molar-refractivity contribution in [2.45, 2.75) is 6.42 Å². The SMILES string of the molecule is C=C/C(Cc1cccc(Oc2ccc(F)cc2)c1)=N/O. The van der Waals surface area contributed by atoms with Gasteiger partial charge in [0, 0.05) is 6.42 Å². The summed E-state index contributed by atoms with van der Waals surface area (Å²) < 4.78 is 18.4. The molecule has 0 radical (unpaired) electrons. The van der Waals surface area contributed by atoms with Crippen molar-refractivity contribution >= 4 is 5.71 Å². The summed E-state index contributed by atoms with van der Waals surface area (Å²) in [5.41, 5.74) is 1.40. The molecule has 0 atom stereocenters. The average molecular weight is 271 g/mol. The summed E-state index contributed by atoms with van der Waals surface area (Å²) in [6.07, 6.45) is 1.95. The first-order chi connectivity index (χ1) is 9.71. The van der Waals surface area contributed by atoms with Gasteiger partial charge in [-0.3, -0.25) is 0 Å². The van der Waals surface area contributed by atoms with Crippen molar-refractivity contribution in [2.75, 3.05) is 0 Å². The molecular weight excluding hydrogens is 257 g/mol. The van der Waals surface area contributed by atoms with Gasteiger partial charge in [-0.05, 0) is 48.0 Å². The Morgan fingerprint density at radius 1 is 1.20 bits per heavy atom. The highest BCUT2D eigenvalue weighted by molar-refractivity contribution is 5.95. The van der Waals surface area contributed by atoms with E-state index in [1.54, 1.807) is 18.2 Å². The van der Waals surface area contributed by atoms with Crippen molar-refractivity contribution in [3.63, 3.8) is 0 Å². The van der Waals surface area contributed by atoms with Crippen molar-refractivity contribution in [3.8, 4) is 11.5 Å². The number of ether oxygens (including phenoxy) is 1. The van der Waals surface area contributed by atoms with E-state index in [1.807, 2.05) is 18.2 Å². The summed E-state index contributed by atoms with van der Waals surface area (Å²) >= 11 is 0. The molecule has 0 aromatic heterocycles. The van der Waals surface area contributed by atoms with Crippen molar-refractivity contribution in [3.05, 3.63) is 72.6 Å². The van der Waals surface area contributed by atoms with Crippen LogP contribution in [-0.2, 0) is 6.42 Å². The van der Waals surface area contributed by atoms with Gasteiger partial charge < -0.3 is 9.94 Å². The largest absolute Gasteiger partial charge is 0.457 e. The molecule has 0 unspecified atom stereocenters. The fraction of sp³-hybridized carbons (Fsp3) is 0.0625. The Morgan fingerprint density at radius 3 is 2.60 bits per heavy atom. The smallest absolute Gasteiger partial charge is 0.127 e. The Labute approximate surface area is 116 Å². The molecule has 0 aliphatic heterocycles. The zero-order valence-electron chi connectivity index (χ0n) is 10.8. The molecule has 0 heterocycles. The molecule has 2 aromatic rings. The number of rotatable bonds is 5. The minimum Gasteiger partial charge on any atom is -0.457 e. The number of hydrogen-bond acceptors (Lipinski definition) is 3. The summed E-state index contributed by atoms with van der Waals surface area (Å²) in [4.78, 5) is 0. The molecule has 0 saturated heterocycles. The zero-order valence-corrected chi connectivity index (χ0v) is 10.8. The van der Waals surface area contributed by atoms with E-state index >= 15 is 0 Å². The van der Waals surface area contributed by atoms with E-state index in [-0.39, 0.29) is 5.82 Å².